The first kappa shape index (κ1) is 25.4. The van der Waals surface area contributed by atoms with E-state index in [1.807, 2.05) is 24.3 Å². The Bertz CT molecular complexity index is 2250. The van der Waals surface area contributed by atoms with Crippen LogP contribution in [0, 0.1) is 0 Å². The Morgan fingerprint density at radius 3 is 1.32 bits per heavy atom. The molecule has 8 rings (SSSR count). The minimum absolute atomic E-state index is 0.160. The van der Waals surface area contributed by atoms with Crippen molar-refractivity contribution in [3.63, 3.8) is 0 Å². The zero-order valence-corrected chi connectivity index (χ0v) is 22.7. The van der Waals surface area contributed by atoms with Crippen molar-refractivity contribution >= 4 is 68.4 Å². The Hall–Kier alpha value is -6.28. The van der Waals surface area contributed by atoms with Gasteiger partial charge in [0.15, 0.2) is 11.6 Å². The predicted octanol–water partition coefficient (Wildman–Crippen LogP) is 7.56. The van der Waals surface area contributed by atoms with Gasteiger partial charge in [0.05, 0.1) is 11.1 Å². The minimum Gasteiger partial charge on any atom is -0.456 e. The van der Waals surface area contributed by atoms with Gasteiger partial charge in [0.1, 0.15) is 33.8 Å². The van der Waals surface area contributed by atoms with Gasteiger partial charge >= 0.3 is 0 Å². The number of rotatable bonds is 8. The monoisotopic (exact) mass is 578 g/mol. The molecule has 8 heteroatoms. The van der Waals surface area contributed by atoms with Crippen LogP contribution < -0.4 is 9.47 Å². The van der Waals surface area contributed by atoms with E-state index in [1.54, 1.807) is 72.8 Å². The Balaban J connectivity index is 1.38. The molecule has 0 atom stereocenters. The van der Waals surface area contributed by atoms with Crippen molar-refractivity contribution in [3.05, 3.63) is 119 Å². The van der Waals surface area contributed by atoms with E-state index in [0.717, 1.165) is 11.1 Å². The van der Waals surface area contributed by atoms with Gasteiger partial charge in [-0.3, -0.25) is 19.2 Å². The van der Waals surface area contributed by atoms with E-state index in [0.29, 0.717) is 67.9 Å². The van der Waals surface area contributed by atoms with E-state index in [2.05, 4.69) is 0 Å². The molecule has 6 aromatic rings. The molecule has 0 spiro atoms. The SMILES string of the molecule is O=COc1ccccc1C(=O)c1ccc2oc3ccc4c(C(=O)c5ccccc5OC=O)ccc5oc6ccc1c2c6-c3c54. The van der Waals surface area contributed by atoms with Crippen molar-refractivity contribution in [2.24, 2.45) is 0 Å². The highest BCUT2D eigenvalue weighted by atomic mass is 16.5. The van der Waals surface area contributed by atoms with Crippen LogP contribution in [0.3, 0.4) is 0 Å². The van der Waals surface area contributed by atoms with Crippen molar-refractivity contribution in [1.82, 2.24) is 0 Å². The third-order valence-electron chi connectivity index (χ3n) is 8.00. The minimum atomic E-state index is -0.320. The highest BCUT2D eigenvalue weighted by molar-refractivity contribution is 6.29. The van der Waals surface area contributed by atoms with Crippen LogP contribution in [0.25, 0.3) is 55.0 Å². The second kappa shape index (κ2) is 9.64. The molecule has 0 unspecified atom stereocenters. The molecule has 6 aromatic carbocycles. The van der Waals surface area contributed by atoms with Crippen LogP contribution in [0.15, 0.2) is 106 Å². The zero-order chi connectivity index (χ0) is 29.9. The van der Waals surface area contributed by atoms with Gasteiger partial charge in [0, 0.05) is 33.0 Å². The summed E-state index contributed by atoms with van der Waals surface area (Å²) in [5.41, 5.74) is 5.06. The van der Waals surface area contributed by atoms with Crippen LogP contribution in [0.5, 0.6) is 11.5 Å². The second-order valence-corrected chi connectivity index (χ2v) is 10.2. The number of hydrogen-bond acceptors (Lipinski definition) is 8. The summed E-state index contributed by atoms with van der Waals surface area (Å²) in [4.78, 5) is 49.8. The highest BCUT2D eigenvalue weighted by Gasteiger charge is 2.28. The van der Waals surface area contributed by atoms with Crippen molar-refractivity contribution < 1.29 is 37.5 Å². The number of para-hydroxylation sites is 2. The van der Waals surface area contributed by atoms with Gasteiger partial charge in [0.25, 0.3) is 12.9 Å². The summed E-state index contributed by atoms with van der Waals surface area (Å²) in [5, 5.41) is 2.64. The Morgan fingerprint density at radius 2 is 0.886 bits per heavy atom. The number of ketones is 2. The topological polar surface area (TPSA) is 113 Å². The highest BCUT2D eigenvalue weighted by Crippen LogP contribution is 2.49. The molecule has 0 radical (unpaired) electrons. The van der Waals surface area contributed by atoms with Crippen molar-refractivity contribution in [2.75, 3.05) is 0 Å². The largest absolute Gasteiger partial charge is 0.456 e. The summed E-state index contributed by atoms with van der Waals surface area (Å²) < 4.78 is 22.9. The van der Waals surface area contributed by atoms with E-state index in [9.17, 15) is 19.2 Å². The van der Waals surface area contributed by atoms with Gasteiger partial charge in [-0.15, -0.1) is 0 Å². The Morgan fingerprint density at radius 1 is 0.477 bits per heavy atom. The molecule has 0 fully saturated rings. The molecule has 0 aromatic heterocycles. The average Bonchev–Trinajstić information content (AvgIpc) is 3.06. The van der Waals surface area contributed by atoms with Crippen molar-refractivity contribution in [3.8, 4) is 22.6 Å². The molecule has 8 nitrogen and oxygen atoms in total. The van der Waals surface area contributed by atoms with Crippen LogP contribution in [-0.2, 0) is 9.59 Å². The summed E-state index contributed by atoms with van der Waals surface area (Å²) in [7, 11) is 0. The van der Waals surface area contributed by atoms with Gasteiger partial charge in [-0.05, 0) is 83.6 Å². The van der Waals surface area contributed by atoms with Gasteiger partial charge in [-0.2, -0.15) is 0 Å². The molecular weight excluding hydrogens is 560 g/mol. The van der Waals surface area contributed by atoms with Gasteiger partial charge in [-0.1, -0.05) is 24.3 Å². The standard InChI is InChI=1S/C36H18O8/c37-17-41-25-7-3-1-5-23(25)35(39)21-11-15-27-31-19(21)9-13-29-33(31)34-30(43-27)14-10-20-22(12-16-28(44-29)32(20)34)36(40)24-6-2-4-8-26(24)42-18-38/h1-18H. The summed E-state index contributed by atoms with van der Waals surface area (Å²) in [6.07, 6.45) is 0. The summed E-state index contributed by atoms with van der Waals surface area (Å²) in [5.74, 6) is -0.321. The molecule has 2 aliphatic heterocycles. The van der Waals surface area contributed by atoms with E-state index < -0.39 is 0 Å². The van der Waals surface area contributed by atoms with E-state index in [-0.39, 0.29) is 34.2 Å². The number of hydrogen-bond donors (Lipinski definition) is 0. The summed E-state index contributed by atoms with van der Waals surface area (Å²) in [6, 6.07) is 27.2. The third-order valence-corrected chi connectivity index (χ3v) is 8.00. The molecule has 2 heterocycles. The second-order valence-electron chi connectivity index (χ2n) is 10.2. The lowest BCUT2D eigenvalue weighted by atomic mass is 9.86. The Kier molecular flexibility index (Phi) is 5.57. The molecule has 210 valence electrons. The Labute approximate surface area is 247 Å². The zero-order valence-electron chi connectivity index (χ0n) is 22.7. The van der Waals surface area contributed by atoms with E-state index in [4.69, 9.17) is 18.3 Å². The van der Waals surface area contributed by atoms with Crippen LogP contribution in [-0.4, -0.2) is 24.5 Å². The van der Waals surface area contributed by atoms with E-state index >= 15 is 0 Å². The summed E-state index contributed by atoms with van der Waals surface area (Å²) in [6.45, 7) is 0.583. The molecule has 44 heavy (non-hydrogen) atoms. The lowest BCUT2D eigenvalue weighted by molar-refractivity contribution is -0.121. The fourth-order valence-electron chi connectivity index (χ4n) is 6.17. The predicted molar refractivity (Wildman–Crippen MR) is 162 cm³/mol. The van der Waals surface area contributed by atoms with E-state index in [1.165, 1.54) is 0 Å². The van der Waals surface area contributed by atoms with Gasteiger partial charge < -0.3 is 18.3 Å². The van der Waals surface area contributed by atoms with Crippen molar-refractivity contribution in [2.45, 2.75) is 0 Å². The summed E-state index contributed by atoms with van der Waals surface area (Å²) >= 11 is 0. The first-order valence-corrected chi connectivity index (χ1v) is 13.6. The number of benzene rings is 6. The fraction of sp³-hybridized carbons (Fsp3) is 0. The fourth-order valence-corrected chi connectivity index (χ4v) is 6.17. The van der Waals surface area contributed by atoms with Crippen LogP contribution in [0.1, 0.15) is 31.8 Å². The smallest absolute Gasteiger partial charge is 0.298 e. The lowest BCUT2D eigenvalue weighted by Gasteiger charge is -2.21. The molecule has 0 saturated carbocycles. The maximum absolute atomic E-state index is 13.8. The lowest BCUT2D eigenvalue weighted by Crippen LogP contribution is -2.07. The molecule has 0 amide bonds. The molecule has 0 bridgehead atoms. The molecular formula is C36H18O8. The maximum Gasteiger partial charge on any atom is 0.298 e. The maximum atomic E-state index is 13.8. The molecule has 0 saturated heterocycles. The van der Waals surface area contributed by atoms with Crippen molar-refractivity contribution in [1.29, 1.82) is 0 Å². The molecule has 2 aliphatic rings. The number of carbonyl (C=O) groups excluding carboxylic acids is 4. The van der Waals surface area contributed by atoms with Gasteiger partial charge in [-0.25, -0.2) is 0 Å². The molecule has 0 aliphatic carbocycles. The third kappa shape index (κ3) is 3.58. The van der Waals surface area contributed by atoms with Crippen LogP contribution in [0.4, 0.5) is 0 Å². The molecule has 0 N–H and O–H groups in total. The van der Waals surface area contributed by atoms with Gasteiger partial charge in [0.2, 0.25) is 0 Å². The number of ether oxygens (including phenoxy) is 2. The quantitative estimate of drug-likeness (QED) is 0.0786. The van der Waals surface area contributed by atoms with Crippen LogP contribution >= 0.6 is 0 Å². The average molecular weight is 579 g/mol. The number of carbonyl (C=O) groups is 4. The normalized spacial score (nSPS) is 11.5. The first-order valence-electron chi connectivity index (χ1n) is 13.6. The van der Waals surface area contributed by atoms with Crippen LogP contribution in [0.2, 0.25) is 0 Å². The first-order chi connectivity index (χ1) is 21.6.